The molecule has 4 rings (SSSR count). The molecule has 2 aliphatic rings. The molecule has 0 aliphatic carbocycles. The molecule has 9 nitrogen and oxygen atoms in total. The Morgan fingerprint density at radius 1 is 1.03 bits per heavy atom. The molecule has 2 aliphatic heterocycles. The number of benzene rings is 2. The zero-order valence-corrected chi connectivity index (χ0v) is 20.0. The Hall–Kier alpha value is -3.85. The number of hydrogen-bond donors (Lipinski definition) is 1. The SMILES string of the molecule is C=CCN1C(=O)c2ccc(C(=O)Nc3cc(OCC)c(N4CCOCC4)cc3OCC)cc2C1=O. The van der Waals surface area contributed by atoms with Crippen LogP contribution in [-0.4, -0.2) is 68.7 Å². The number of imide groups is 1. The minimum absolute atomic E-state index is 0.112. The van der Waals surface area contributed by atoms with E-state index in [4.69, 9.17) is 14.2 Å². The topological polar surface area (TPSA) is 97.4 Å². The number of rotatable bonds is 9. The molecule has 1 saturated heterocycles. The number of nitrogens with zero attached hydrogens (tertiary/aromatic N) is 2. The van der Waals surface area contributed by atoms with Gasteiger partial charge in [-0.25, -0.2) is 0 Å². The van der Waals surface area contributed by atoms with Crippen LogP contribution in [0.2, 0.25) is 0 Å². The second-order valence-corrected chi connectivity index (χ2v) is 8.01. The maximum Gasteiger partial charge on any atom is 0.261 e. The van der Waals surface area contributed by atoms with Gasteiger partial charge in [0.15, 0.2) is 0 Å². The summed E-state index contributed by atoms with van der Waals surface area (Å²) < 4.78 is 17.2. The highest BCUT2D eigenvalue weighted by Crippen LogP contribution is 2.39. The van der Waals surface area contributed by atoms with Gasteiger partial charge in [0.05, 0.1) is 48.9 Å². The third-order valence-corrected chi connectivity index (χ3v) is 5.81. The predicted molar refractivity (Wildman–Crippen MR) is 132 cm³/mol. The number of anilines is 2. The van der Waals surface area contributed by atoms with Crippen LogP contribution in [0.3, 0.4) is 0 Å². The molecule has 1 N–H and O–H groups in total. The van der Waals surface area contributed by atoms with Gasteiger partial charge in [0.1, 0.15) is 11.5 Å². The lowest BCUT2D eigenvalue weighted by atomic mass is 10.1. The normalized spacial score (nSPS) is 15.1. The van der Waals surface area contributed by atoms with Gasteiger partial charge in [-0.2, -0.15) is 0 Å². The third kappa shape index (κ3) is 4.85. The Balaban J connectivity index is 1.64. The third-order valence-electron chi connectivity index (χ3n) is 5.81. The zero-order valence-electron chi connectivity index (χ0n) is 20.0. The van der Waals surface area contributed by atoms with E-state index in [-0.39, 0.29) is 23.2 Å². The summed E-state index contributed by atoms with van der Waals surface area (Å²) in [6.45, 7) is 11.0. The van der Waals surface area contributed by atoms with Gasteiger partial charge in [0.2, 0.25) is 0 Å². The summed E-state index contributed by atoms with van der Waals surface area (Å²) in [6, 6.07) is 8.10. The summed E-state index contributed by atoms with van der Waals surface area (Å²) in [5, 5.41) is 2.88. The van der Waals surface area contributed by atoms with E-state index in [2.05, 4.69) is 16.8 Å². The van der Waals surface area contributed by atoms with Crippen molar-refractivity contribution in [2.24, 2.45) is 0 Å². The number of nitrogens with one attached hydrogen (secondary N) is 1. The van der Waals surface area contributed by atoms with Crippen LogP contribution in [0.25, 0.3) is 0 Å². The van der Waals surface area contributed by atoms with E-state index in [0.29, 0.717) is 43.6 Å². The molecule has 1 fully saturated rings. The Kier molecular flexibility index (Phi) is 7.36. The average Bonchev–Trinajstić information content (AvgIpc) is 3.11. The molecule has 35 heavy (non-hydrogen) atoms. The van der Waals surface area contributed by atoms with Gasteiger partial charge < -0.3 is 24.4 Å². The van der Waals surface area contributed by atoms with Crippen LogP contribution >= 0.6 is 0 Å². The van der Waals surface area contributed by atoms with E-state index in [1.54, 1.807) is 6.07 Å². The van der Waals surface area contributed by atoms with Crippen molar-refractivity contribution in [3.63, 3.8) is 0 Å². The standard InChI is InChI=1S/C26H29N3O6/c1-4-9-29-25(31)18-8-7-17(14-19(18)26(29)32)24(30)27-20-15-23(35-6-3)21(16-22(20)34-5-2)28-10-12-33-13-11-28/h4,7-8,14-16H,1,5-6,9-13H2,2-3H3,(H,27,30). The van der Waals surface area contributed by atoms with Crippen molar-refractivity contribution >= 4 is 29.1 Å². The second kappa shape index (κ2) is 10.6. The summed E-state index contributed by atoms with van der Waals surface area (Å²) in [4.78, 5) is 41.5. The van der Waals surface area contributed by atoms with Gasteiger partial charge in [0.25, 0.3) is 17.7 Å². The highest BCUT2D eigenvalue weighted by atomic mass is 16.5. The van der Waals surface area contributed by atoms with Crippen molar-refractivity contribution in [3.8, 4) is 11.5 Å². The van der Waals surface area contributed by atoms with Gasteiger partial charge >= 0.3 is 0 Å². The average molecular weight is 480 g/mol. The molecule has 0 radical (unpaired) electrons. The summed E-state index contributed by atoms with van der Waals surface area (Å²) in [7, 11) is 0. The number of fused-ring (bicyclic) bond motifs is 1. The first-order chi connectivity index (χ1) is 17.0. The van der Waals surface area contributed by atoms with Crippen molar-refractivity contribution in [1.82, 2.24) is 4.90 Å². The molecular formula is C26H29N3O6. The van der Waals surface area contributed by atoms with Gasteiger partial charge in [-0.15, -0.1) is 6.58 Å². The molecule has 0 atom stereocenters. The second-order valence-electron chi connectivity index (χ2n) is 8.01. The lowest BCUT2D eigenvalue weighted by Crippen LogP contribution is -2.36. The fourth-order valence-electron chi connectivity index (χ4n) is 4.17. The van der Waals surface area contributed by atoms with Crippen LogP contribution in [-0.2, 0) is 4.74 Å². The Labute approximate surface area is 204 Å². The molecular weight excluding hydrogens is 450 g/mol. The van der Waals surface area contributed by atoms with Gasteiger partial charge in [-0.3, -0.25) is 19.3 Å². The summed E-state index contributed by atoms with van der Waals surface area (Å²) >= 11 is 0. The summed E-state index contributed by atoms with van der Waals surface area (Å²) in [5.74, 6) is -0.130. The number of carbonyl (C=O) groups is 3. The molecule has 0 bridgehead atoms. The number of ether oxygens (including phenoxy) is 3. The van der Waals surface area contributed by atoms with Crippen LogP contribution in [0.15, 0.2) is 43.0 Å². The highest BCUT2D eigenvalue weighted by molar-refractivity contribution is 6.22. The quantitative estimate of drug-likeness (QED) is 0.435. The Bertz CT molecular complexity index is 1160. The molecule has 9 heteroatoms. The minimum atomic E-state index is -0.442. The lowest BCUT2D eigenvalue weighted by molar-refractivity contribution is 0.0672. The molecule has 184 valence electrons. The molecule has 0 unspecified atom stereocenters. The maximum atomic E-state index is 13.2. The van der Waals surface area contributed by atoms with Crippen LogP contribution < -0.4 is 19.7 Å². The van der Waals surface area contributed by atoms with E-state index in [1.807, 2.05) is 19.9 Å². The van der Waals surface area contributed by atoms with Crippen LogP contribution in [0.1, 0.15) is 44.9 Å². The largest absolute Gasteiger partial charge is 0.492 e. The Morgan fingerprint density at radius 3 is 2.40 bits per heavy atom. The molecule has 2 aromatic rings. The fourth-order valence-corrected chi connectivity index (χ4v) is 4.17. The molecule has 3 amide bonds. The number of hydrogen-bond acceptors (Lipinski definition) is 7. The van der Waals surface area contributed by atoms with Crippen molar-refractivity contribution in [1.29, 1.82) is 0 Å². The lowest BCUT2D eigenvalue weighted by Gasteiger charge is -2.31. The first-order valence-corrected chi connectivity index (χ1v) is 11.7. The number of morpholine rings is 1. The van der Waals surface area contributed by atoms with Crippen molar-refractivity contribution in [3.05, 3.63) is 59.7 Å². The summed E-state index contributed by atoms with van der Waals surface area (Å²) in [6.07, 6.45) is 1.49. The van der Waals surface area contributed by atoms with Crippen LogP contribution in [0.5, 0.6) is 11.5 Å². The van der Waals surface area contributed by atoms with E-state index in [0.717, 1.165) is 23.7 Å². The van der Waals surface area contributed by atoms with E-state index >= 15 is 0 Å². The van der Waals surface area contributed by atoms with Gasteiger partial charge in [0, 0.05) is 37.3 Å². The zero-order chi connectivity index (χ0) is 24.9. The van der Waals surface area contributed by atoms with Crippen molar-refractivity contribution in [2.75, 3.05) is 56.3 Å². The van der Waals surface area contributed by atoms with Crippen molar-refractivity contribution in [2.45, 2.75) is 13.8 Å². The van der Waals surface area contributed by atoms with E-state index < -0.39 is 17.7 Å². The first kappa shape index (κ1) is 24.3. The monoisotopic (exact) mass is 479 g/mol. The molecule has 0 spiro atoms. The summed E-state index contributed by atoms with van der Waals surface area (Å²) in [5.41, 5.74) is 2.06. The minimum Gasteiger partial charge on any atom is -0.492 e. The fraction of sp³-hybridized carbons (Fsp3) is 0.346. The molecule has 0 aromatic heterocycles. The van der Waals surface area contributed by atoms with Gasteiger partial charge in [-0.1, -0.05) is 6.08 Å². The number of carbonyl (C=O) groups excluding carboxylic acids is 3. The molecule has 0 saturated carbocycles. The molecule has 2 aromatic carbocycles. The smallest absolute Gasteiger partial charge is 0.261 e. The van der Waals surface area contributed by atoms with E-state index in [1.165, 1.54) is 24.3 Å². The predicted octanol–water partition coefficient (Wildman–Crippen LogP) is 3.35. The first-order valence-electron chi connectivity index (χ1n) is 11.7. The van der Waals surface area contributed by atoms with Crippen LogP contribution in [0, 0.1) is 0 Å². The van der Waals surface area contributed by atoms with Gasteiger partial charge in [-0.05, 0) is 32.0 Å². The highest BCUT2D eigenvalue weighted by Gasteiger charge is 2.35. The van der Waals surface area contributed by atoms with E-state index in [9.17, 15) is 14.4 Å². The van der Waals surface area contributed by atoms with Crippen LogP contribution in [0.4, 0.5) is 11.4 Å². The maximum absolute atomic E-state index is 13.2. The number of amides is 3. The van der Waals surface area contributed by atoms with Crippen molar-refractivity contribution < 1.29 is 28.6 Å². The Morgan fingerprint density at radius 2 is 1.71 bits per heavy atom. The molecule has 2 heterocycles.